The van der Waals surface area contributed by atoms with E-state index in [1.165, 1.54) is 35.6 Å². The van der Waals surface area contributed by atoms with Crippen LogP contribution < -0.4 is 5.32 Å². The van der Waals surface area contributed by atoms with Crippen molar-refractivity contribution in [1.82, 2.24) is 14.6 Å². The lowest BCUT2D eigenvalue weighted by atomic mass is 10.1. The molecule has 1 aromatic heterocycles. The maximum absolute atomic E-state index is 13.0. The van der Waals surface area contributed by atoms with Crippen molar-refractivity contribution in [2.45, 2.75) is 23.8 Å². The van der Waals surface area contributed by atoms with Crippen LogP contribution in [-0.2, 0) is 10.0 Å². The number of nitrogens with one attached hydrogen (secondary N) is 1. The SMILES string of the molecule is CNC(=O)c1ccc(S(=O)(=O)N2CCCC2c2ccncc2)cc1. The Balaban J connectivity index is 1.91. The van der Waals surface area contributed by atoms with Gasteiger partial charge in [-0.3, -0.25) is 9.78 Å². The number of nitrogens with zero attached hydrogens (tertiary/aromatic N) is 2. The number of sulfonamides is 1. The number of pyridine rings is 1. The molecule has 1 aliphatic heterocycles. The van der Waals surface area contributed by atoms with Gasteiger partial charge in [-0.2, -0.15) is 4.31 Å². The van der Waals surface area contributed by atoms with E-state index in [0.717, 1.165) is 18.4 Å². The molecule has 2 aromatic rings. The molecule has 6 nitrogen and oxygen atoms in total. The van der Waals surface area contributed by atoms with Crippen LogP contribution >= 0.6 is 0 Å². The van der Waals surface area contributed by atoms with Gasteiger partial charge < -0.3 is 5.32 Å². The first kappa shape index (κ1) is 16.6. The van der Waals surface area contributed by atoms with E-state index in [1.54, 1.807) is 12.4 Å². The van der Waals surface area contributed by atoms with E-state index in [4.69, 9.17) is 0 Å². The quantitative estimate of drug-likeness (QED) is 0.919. The molecular formula is C17H19N3O3S. The third-order valence-electron chi connectivity index (χ3n) is 4.24. The molecule has 24 heavy (non-hydrogen) atoms. The van der Waals surface area contributed by atoms with Crippen LogP contribution in [0.3, 0.4) is 0 Å². The van der Waals surface area contributed by atoms with E-state index >= 15 is 0 Å². The maximum atomic E-state index is 13.0. The maximum Gasteiger partial charge on any atom is 0.251 e. The Morgan fingerprint density at radius 2 is 1.83 bits per heavy atom. The van der Waals surface area contributed by atoms with Crippen LogP contribution in [0.5, 0.6) is 0 Å². The molecule has 1 aliphatic rings. The average molecular weight is 345 g/mol. The fourth-order valence-electron chi connectivity index (χ4n) is 3.00. The van der Waals surface area contributed by atoms with Gasteiger partial charge >= 0.3 is 0 Å². The Kier molecular flexibility index (Phi) is 4.64. The Bertz CT molecular complexity index is 820. The van der Waals surface area contributed by atoms with Gasteiger partial charge in [0.1, 0.15) is 0 Å². The first-order valence-corrected chi connectivity index (χ1v) is 9.22. The van der Waals surface area contributed by atoms with Gasteiger partial charge in [0.15, 0.2) is 0 Å². The molecular weight excluding hydrogens is 326 g/mol. The molecule has 126 valence electrons. The highest BCUT2D eigenvalue weighted by Gasteiger charge is 2.36. The van der Waals surface area contributed by atoms with Gasteiger partial charge in [0.05, 0.1) is 10.9 Å². The zero-order valence-corrected chi connectivity index (χ0v) is 14.2. The molecule has 0 radical (unpaired) electrons. The topological polar surface area (TPSA) is 79.4 Å². The second kappa shape index (κ2) is 6.70. The molecule has 1 aromatic carbocycles. The molecule has 2 heterocycles. The van der Waals surface area contributed by atoms with Crippen LogP contribution in [0.2, 0.25) is 0 Å². The van der Waals surface area contributed by atoms with Crippen molar-refractivity contribution in [2.75, 3.05) is 13.6 Å². The molecule has 1 saturated heterocycles. The van der Waals surface area contributed by atoms with Crippen molar-refractivity contribution >= 4 is 15.9 Å². The lowest BCUT2D eigenvalue weighted by Gasteiger charge is -2.24. The molecule has 1 fully saturated rings. The minimum atomic E-state index is -3.60. The number of aromatic nitrogens is 1. The molecule has 1 N–H and O–H groups in total. The summed E-state index contributed by atoms with van der Waals surface area (Å²) in [7, 11) is -2.07. The van der Waals surface area contributed by atoms with E-state index in [2.05, 4.69) is 10.3 Å². The smallest absolute Gasteiger partial charge is 0.251 e. The van der Waals surface area contributed by atoms with E-state index < -0.39 is 10.0 Å². The summed E-state index contributed by atoms with van der Waals surface area (Å²) in [6.07, 6.45) is 4.97. The third kappa shape index (κ3) is 3.05. The standard InChI is InChI=1S/C17H19N3O3S/c1-18-17(21)14-4-6-15(7-5-14)24(22,23)20-12-2-3-16(20)13-8-10-19-11-9-13/h4-11,16H,2-3,12H2,1H3,(H,18,21). The molecule has 0 saturated carbocycles. The van der Waals surface area contributed by atoms with Gasteiger partial charge in [-0.25, -0.2) is 8.42 Å². The zero-order valence-electron chi connectivity index (χ0n) is 13.3. The van der Waals surface area contributed by atoms with Crippen LogP contribution in [0.4, 0.5) is 0 Å². The van der Waals surface area contributed by atoms with E-state index in [9.17, 15) is 13.2 Å². The van der Waals surface area contributed by atoms with Crippen molar-refractivity contribution < 1.29 is 13.2 Å². The number of hydrogen-bond acceptors (Lipinski definition) is 4. The summed E-state index contributed by atoms with van der Waals surface area (Å²) in [6, 6.07) is 9.58. The Morgan fingerprint density at radius 3 is 2.46 bits per heavy atom. The van der Waals surface area contributed by atoms with Crippen molar-refractivity contribution in [3.8, 4) is 0 Å². The van der Waals surface area contributed by atoms with Crippen LogP contribution in [0.1, 0.15) is 34.8 Å². The van der Waals surface area contributed by atoms with Gasteiger partial charge in [-0.1, -0.05) is 0 Å². The minimum absolute atomic E-state index is 0.170. The first-order valence-electron chi connectivity index (χ1n) is 7.78. The largest absolute Gasteiger partial charge is 0.355 e. The summed E-state index contributed by atoms with van der Waals surface area (Å²) in [5.41, 5.74) is 1.39. The number of amides is 1. The average Bonchev–Trinajstić information content (AvgIpc) is 3.12. The molecule has 0 aliphatic carbocycles. The summed E-state index contributed by atoms with van der Waals surface area (Å²) >= 11 is 0. The van der Waals surface area contributed by atoms with Gasteiger partial charge in [0.25, 0.3) is 5.91 Å². The van der Waals surface area contributed by atoms with E-state index in [0.29, 0.717) is 12.1 Å². The van der Waals surface area contributed by atoms with Crippen molar-refractivity contribution in [3.63, 3.8) is 0 Å². The lowest BCUT2D eigenvalue weighted by molar-refractivity contribution is 0.0963. The van der Waals surface area contributed by atoms with Gasteiger partial charge in [0, 0.05) is 31.5 Å². The Hall–Kier alpha value is -2.25. The zero-order chi connectivity index (χ0) is 17.2. The summed E-state index contributed by atoms with van der Waals surface area (Å²) in [5, 5.41) is 2.52. The third-order valence-corrected chi connectivity index (χ3v) is 6.17. The highest BCUT2D eigenvalue weighted by Crippen LogP contribution is 2.36. The van der Waals surface area contributed by atoms with Crippen LogP contribution in [0.25, 0.3) is 0 Å². The summed E-state index contributed by atoms with van der Waals surface area (Å²) in [4.78, 5) is 15.8. The van der Waals surface area contributed by atoms with Crippen LogP contribution in [-0.4, -0.2) is 37.2 Å². The lowest BCUT2D eigenvalue weighted by Crippen LogP contribution is -2.30. The number of carbonyl (C=O) groups excluding carboxylic acids is 1. The highest BCUT2D eigenvalue weighted by atomic mass is 32.2. The molecule has 0 spiro atoms. The van der Waals surface area contributed by atoms with E-state index in [-0.39, 0.29) is 16.8 Å². The molecule has 1 atom stereocenters. The summed E-state index contributed by atoms with van der Waals surface area (Å²) in [5.74, 6) is -0.241. The fourth-order valence-corrected chi connectivity index (χ4v) is 4.69. The first-order chi connectivity index (χ1) is 11.5. The molecule has 7 heteroatoms. The van der Waals surface area contributed by atoms with Gasteiger partial charge in [0.2, 0.25) is 10.0 Å². The van der Waals surface area contributed by atoms with Gasteiger partial charge in [-0.05, 0) is 54.8 Å². The highest BCUT2D eigenvalue weighted by molar-refractivity contribution is 7.89. The second-order valence-corrected chi connectivity index (χ2v) is 7.55. The predicted octanol–water partition coefficient (Wildman–Crippen LogP) is 1.97. The summed E-state index contributed by atoms with van der Waals surface area (Å²) in [6.45, 7) is 0.493. The minimum Gasteiger partial charge on any atom is -0.355 e. The molecule has 0 bridgehead atoms. The predicted molar refractivity (Wildman–Crippen MR) is 89.9 cm³/mol. The molecule has 1 amide bonds. The van der Waals surface area contributed by atoms with Crippen LogP contribution in [0, 0.1) is 0 Å². The molecule has 3 rings (SSSR count). The van der Waals surface area contributed by atoms with Gasteiger partial charge in [-0.15, -0.1) is 0 Å². The Labute approximate surface area is 141 Å². The normalized spacial score (nSPS) is 18.5. The van der Waals surface area contributed by atoms with E-state index in [1.807, 2.05) is 12.1 Å². The van der Waals surface area contributed by atoms with Crippen molar-refractivity contribution in [1.29, 1.82) is 0 Å². The summed E-state index contributed by atoms with van der Waals surface area (Å²) < 4.78 is 27.5. The second-order valence-electron chi connectivity index (χ2n) is 5.66. The van der Waals surface area contributed by atoms with Crippen molar-refractivity contribution in [3.05, 3.63) is 59.9 Å². The monoisotopic (exact) mass is 345 g/mol. The van der Waals surface area contributed by atoms with Crippen LogP contribution in [0.15, 0.2) is 53.7 Å². The number of carbonyl (C=O) groups is 1. The van der Waals surface area contributed by atoms with Crippen molar-refractivity contribution in [2.24, 2.45) is 0 Å². The number of rotatable bonds is 4. The Morgan fingerprint density at radius 1 is 1.17 bits per heavy atom. The number of benzene rings is 1. The number of hydrogen-bond donors (Lipinski definition) is 1. The molecule has 1 unspecified atom stereocenters. The fraction of sp³-hybridized carbons (Fsp3) is 0.294.